The Bertz CT molecular complexity index is 4820. The van der Waals surface area contributed by atoms with Gasteiger partial charge in [-0.1, -0.05) is 121 Å². The Balaban J connectivity index is 1.40. The van der Waals surface area contributed by atoms with E-state index < -0.39 is 280 Å². The van der Waals surface area contributed by atoms with Crippen LogP contribution >= 0.6 is 0 Å². The van der Waals surface area contributed by atoms with Gasteiger partial charge in [0.15, 0.2) is 0 Å². The zero-order valence-corrected chi connectivity index (χ0v) is 25.3. The van der Waals surface area contributed by atoms with Gasteiger partial charge in [-0.3, -0.25) is 0 Å². The zero-order valence-electron chi connectivity index (χ0n) is 55.3. The number of hydrogen-bond acceptors (Lipinski definition) is 1. The predicted molar refractivity (Wildman–Crippen MR) is 213 cm³/mol. The first-order chi connectivity index (χ1) is 37.8. The van der Waals surface area contributed by atoms with Crippen molar-refractivity contribution in [1.29, 1.82) is 0 Å². The van der Waals surface area contributed by atoms with Crippen molar-refractivity contribution in [3.05, 3.63) is 181 Å². The lowest BCUT2D eigenvalue weighted by Gasteiger charge is -2.13. The third kappa shape index (κ3) is 4.19. The van der Waals surface area contributed by atoms with Gasteiger partial charge in [-0.2, -0.15) is 0 Å². The van der Waals surface area contributed by atoms with E-state index in [0.29, 0.717) is 4.57 Å². The highest BCUT2D eigenvalue weighted by molar-refractivity contribution is 6.15. The van der Waals surface area contributed by atoms with Crippen molar-refractivity contribution in [2.75, 3.05) is 0 Å². The number of fused-ring (bicyclic) bond motifs is 9. The first kappa shape index (κ1) is 11.6. The minimum atomic E-state index is -1.08. The fourth-order valence-corrected chi connectivity index (χ4v) is 6.22. The lowest BCUT2D eigenvalue weighted by Crippen LogP contribution is -1.95. The Kier molecular flexibility index (Phi) is 2.47. The number of aromatic nitrogens is 2. The minimum Gasteiger partial charge on any atom is -0.456 e. The Morgan fingerprint density at radius 1 is 0.353 bits per heavy atom. The SMILES string of the molecule is [2H]c1c([2H])c([2H])c(-c2c([2H])c(-n3c4c([2H])c([2H])c([2H])c([2H])c4c4c([2H])c([2H])c(-c5c([2H])c([2H])c6c(c5[2H])c5c([2H])c([2H])c([2H])c([2H])c5n6-c5c([2H])c([2H])c([2H])c([2H])c5[2H])c([2H])c43)c([2H])c3oc4c([2H])c([2H])c([2H])c([2H])c4c23)c([2H])c1[2H]. The van der Waals surface area contributed by atoms with Gasteiger partial charge in [-0.15, -0.1) is 0 Å². The summed E-state index contributed by atoms with van der Waals surface area (Å²) in [6, 6.07) is -28.2. The zero-order chi connectivity index (χ0) is 59.6. The fourth-order valence-electron chi connectivity index (χ4n) is 6.22. The number of para-hydroxylation sites is 4. The summed E-state index contributed by atoms with van der Waals surface area (Å²) in [6.07, 6.45) is 0. The molecule has 0 fully saturated rings. The first-order valence-corrected chi connectivity index (χ1v) is 15.0. The quantitative estimate of drug-likeness (QED) is 0.181. The Labute approximate surface area is 336 Å². The van der Waals surface area contributed by atoms with Gasteiger partial charge in [-0.05, 0) is 76.6 Å². The molecule has 0 unspecified atom stereocenters. The van der Waals surface area contributed by atoms with Crippen molar-refractivity contribution in [1.82, 2.24) is 9.13 Å². The molecule has 11 rings (SSSR count). The van der Waals surface area contributed by atoms with Gasteiger partial charge in [0.05, 0.1) is 68.9 Å². The molecule has 0 spiro atoms. The second-order valence-corrected chi connectivity index (χ2v) is 11.0. The van der Waals surface area contributed by atoms with Crippen LogP contribution in [-0.2, 0) is 0 Å². The van der Waals surface area contributed by atoms with E-state index in [1.807, 2.05) is 0 Å². The maximum absolute atomic E-state index is 10.1. The Morgan fingerprint density at radius 2 is 0.922 bits per heavy atom. The van der Waals surface area contributed by atoms with E-state index in [-0.39, 0.29) is 0 Å². The molecule has 0 aliphatic carbocycles. The lowest BCUT2D eigenvalue weighted by atomic mass is 9.98. The molecule has 238 valence electrons. The maximum Gasteiger partial charge on any atom is 0.138 e. The van der Waals surface area contributed by atoms with E-state index in [9.17, 15) is 13.7 Å². The van der Waals surface area contributed by atoms with Crippen molar-refractivity contribution in [2.45, 2.75) is 0 Å². The summed E-state index contributed by atoms with van der Waals surface area (Å²) in [5, 5.41) is -3.57. The van der Waals surface area contributed by atoms with E-state index in [1.165, 1.54) is 0 Å². The Hall–Kier alpha value is -6.84. The largest absolute Gasteiger partial charge is 0.456 e. The van der Waals surface area contributed by atoms with Gasteiger partial charge in [0.1, 0.15) is 11.2 Å². The van der Waals surface area contributed by atoms with Crippen LogP contribution in [0.15, 0.2) is 186 Å². The number of hydrogen-bond donors (Lipinski definition) is 0. The molecule has 0 bridgehead atoms. The molecule has 0 radical (unpaired) electrons. The number of furan rings is 1. The van der Waals surface area contributed by atoms with Gasteiger partial charge in [0.2, 0.25) is 0 Å². The summed E-state index contributed by atoms with van der Waals surface area (Å²) in [5.74, 6) is 0. The molecular weight excluding hydrogens is 621 g/mol. The molecule has 0 saturated heterocycles. The highest BCUT2D eigenvalue weighted by atomic mass is 16.3. The van der Waals surface area contributed by atoms with E-state index in [0.717, 1.165) is 4.57 Å². The second-order valence-electron chi connectivity index (χ2n) is 11.0. The molecule has 3 aromatic heterocycles. The molecule has 0 aliphatic heterocycles. The number of rotatable bonds is 4. The summed E-state index contributed by atoms with van der Waals surface area (Å²) >= 11 is 0. The average Bonchev–Trinajstić information content (AvgIpc) is 4.24. The van der Waals surface area contributed by atoms with Gasteiger partial charge in [0, 0.05) is 44.0 Å². The monoisotopic (exact) mass is 680 g/mol. The highest BCUT2D eigenvalue weighted by Gasteiger charge is 2.19. The highest BCUT2D eigenvalue weighted by Crippen LogP contribution is 2.42. The van der Waals surface area contributed by atoms with Crippen molar-refractivity contribution in [3.8, 4) is 33.6 Å². The number of benzene rings is 8. The molecule has 3 nitrogen and oxygen atoms in total. The van der Waals surface area contributed by atoms with Gasteiger partial charge < -0.3 is 13.6 Å². The van der Waals surface area contributed by atoms with Crippen molar-refractivity contribution in [3.63, 3.8) is 0 Å². The third-order valence-electron chi connectivity index (χ3n) is 8.31. The van der Waals surface area contributed by atoms with Crippen LogP contribution in [0.5, 0.6) is 0 Å². The van der Waals surface area contributed by atoms with Gasteiger partial charge in [-0.25, -0.2) is 0 Å². The lowest BCUT2D eigenvalue weighted by molar-refractivity contribution is 0.668. The predicted octanol–water partition coefficient (Wildman–Crippen LogP) is 13.1. The van der Waals surface area contributed by atoms with E-state index >= 15 is 0 Å². The summed E-state index contributed by atoms with van der Waals surface area (Å²) in [6.45, 7) is 0. The van der Waals surface area contributed by atoms with Crippen LogP contribution in [0, 0.1) is 0 Å². The van der Waals surface area contributed by atoms with Crippen LogP contribution in [0.4, 0.5) is 0 Å². The standard InChI is InChI=1S/C48H30N2O/c1-3-13-31(14-4-1)40-29-35(30-47-48(40)39-19-9-12-22-46(39)51-47)50-42-20-10-7-17-36(42)38-25-23-33(28-45(38)50)32-24-26-44-41(27-32)37-18-8-11-21-43(37)49(44)34-15-5-2-6-16-34/h1-30H/i1D,2D,3D,4D,5D,6D,7D,8D,9D,10D,11D,12D,13D,14D,15D,16D,17D,18D,19D,20D,21D,22D,23D,24D,25D,26D,27D,28D,29D,30D. The molecule has 0 saturated carbocycles. The molecule has 51 heavy (non-hydrogen) atoms. The topological polar surface area (TPSA) is 23.0 Å². The summed E-state index contributed by atoms with van der Waals surface area (Å²) in [7, 11) is 0. The molecule has 8 aromatic carbocycles. The van der Waals surface area contributed by atoms with Crippen molar-refractivity contribution in [2.24, 2.45) is 0 Å². The smallest absolute Gasteiger partial charge is 0.138 e. The molecule has 3 heteroatoms. The maximum atomic E-state index is 10.1. The van der Waals surface area contributed by atoms with Crippen LogP contribution in [-0.4, -0.2) is 9.13 Å². The summed E-state index contributed by atoms with van der Waals surface area (Å²) in [4.78, 5) is 0. The molecule has 3 heterocycles. The molecule has 0 N–H and O–H groups in total. The van der Waals surface area contributed by atoms with Crippen molar-refractivity contribution >= 4 is 65.6 Å². The molecule has 0 atom stereocenters. The van der Waals surface area contributed by atoms with Crippen LogP contribution in [0.3, 0.4) is 0 Å². The van der Waals surface area contributed by atoms with Gasteiger partial charge in [0.25, 0.3) is 0 Å². The van der Waals surface area contributed by atoms with Crippen LogP contribution < -0.4 is 0 Å². The molecule has 0 aliphatic rings. The molecular formula is C48H30N2O. The van der Waals surface area contributed by atoms with Crippen LogP contribution in [0.25, 0.3) is 99.2 Å². The normalized spacial score (nSPS) is 20.2. The van der Waals surface area contributed by atoms with Gasteiger partial charge >= 0.3 is 0 Å². The summed E-state index contributed by atoms with van der Waals surface area (Å²) < 4.78 is 278. The molecule has 11 aromatic rings. The third-order valence-corrected chi connectivity index (χ3v) is 8.31. The second kappa shape index (κ2) is 10.8. The van der Waals surface area contributed by atoms with E-state index in [4.69, 9.17) is 31.8 Å². The first-order valence-electron chi connectivity index (χ1n) is 30.0. The minimum absolute atomic E-state index is 0.517. The average molecular weight is 681 g/mol. The van der Waals surface area contributed by atoms with Crippen LogP contribution in [0.2, 0.25) is 0 Å². The Morgan fingerprint density at radius 3 is 1.71 bits per heavy atom. The van der Waals surface area contributed by atoms with Crippen LogP contribution in [0.1, 0.15) is 41.1 Å². The van der Waals surface area contributed by atoms with E-state index in [2.05, 4.69) is 0 Å². The van der Waals surface area contributed by atoms with Crippen molar-refractivity contribution < 1.29 is 45.5 Å². The number of nitrogens with zero attached hydrogens (tertiary/aromatic N) is 2. The molecule has 0 amide bonds. The van der Waals surface area contributed by atoms with E-state index in [1.54, 1.807) is 0 Å². The summed E-state index contributed by atoms with van der Waals surface area (Å²) in [5.41, 5.74) is -9.14. The fraction of sp³-hybridized carbons (Fsp3) is 0.